The van der Waals surface area contributed by atoms with E-state index >= 15 is 0 Å². The second-order valence-electron chi connectivity index (χ2n) is 4.12. The van der Waals surface area contributed by atoms with Crippen molar-refractivity contribution in [3.05, 3.63) is 33.8 Å². The van der Waals surface area contributed by atoms with E-state index in [9.17, 15) is 9.59 Å². The predicted octanol–water partition coefficient (Wildman–Crippen LogP) is 3.36. The standard InChI is InChI=1S/C13H15Cl2NO3/c1-16(13(18)19-2)8-10(5-6-17)9-3-4-11(14)12(15)7-9/h3-4,6-7,10H,5,8H2,1-2H3/t10-/m1/s1. The van der Waals surface area contributed by atoms with Gasteiger partial charge in [-0.3, -0.25) is 0 Å². The number of rotatable bonds is 5. The van der Waals surface area contributed by atoms with Crippen LogP contribution in [0.5, 0.6) is 0 Å². The van der Waals surface area contributed by atoms with Gasteiger partial charge in [-0.25, -0.2) is 4.79 Å². The molecule has 104 valence electrons. The molecule has 0 aliphatic carbocycles. The summed E-state index contributed by atoms with van der Waals surface area (Å²) >= 11 is 11.8. The van der Waals surface area contributed by atoms with E-state index in [1.54, 1.807) is 25.2 Å². The molecule has 19 heavy (non-hydrogen) atoms. The number of hydrogen-bond donors (Lipinski definition) is 0. The third kappa shape index (κ3) is 4.40. The van der Waals surface area contributed by atoms with Gasteiger partial charge in [0.15, 0.2) is 0 Å². The molecule has 0 saturated heterocycles. The Bertz CT molecular complexity index is 465. The predicted molar refractivity (Wildman–Crippen MR) is 74.9 cm³/mol. The van der Waals surface area contributed by atoms with E-state index in [2.05, 4.69) is 4.74 Å². The summed E-state index contributed by atoms with van der Waals surface area (Å²) in [5.41, 5.74) is 0.859. The number of hydrogen-bond acceptors (Lipinski definition) is 3. The van der Waals surface area contributed by atoms with E-state index in [1.807, 2.05) is 0 Å². The Morgan fingerprint density at radius 3 is 2.63 bits per heavy atom. The van der Waals surface area contributed by atoms with Gasteiger partial charge in [0.25, 0.3) is 0 Å². The largest absolute Gasteiger partial charge is 0.453 e. The van der Waals surface area contributed by atoms with Crippen LogP contribution in [0.4, 0.5) is 4.79 Å². The monoisotopic (exact) mass is 303 g/mol. The van der Waals surface area contributed by atoms with Crippen LogP contribution < -0.4 is 0 Å². The van der Waals surface area contributed by atoms with E-state index in [4.69, 9.17) is 23.2 Å². The fourth-order valence-corrected chi connectivity index (χ4v) is 2.07. The number of ether oxygens (including phenoxy) is 1. The first-order valence-electron chi connectivity index (χ1n) is 5.67. The molecule has 1 atom stereocenters. The molecule has 0 saturated carbocycles. The molecule has 0 spiro atoms. The third-order valence-electron chi connectivity index (χ3n) is 2.78. The van der Waals surface area contributed by atoms with E-state index in [0.29, 0.717) is 23.0 Å². The second-order valence-corrected chi connectivity index (χ2v) is 4.94. The van der Waals surface area contributed by atoms with E-state index < -0.39 is 6.09 Å². The van der Waals surface area contributed by atoms with Gasteiger partial charge >= 0.3 is 6.09 Å². The number of likely N-dealkylation sites (N-methyl/N-ethyl adjacent to an activating group) is 1. The van der Waals surface area contributed by atoms with Crippen LogP contribution in [0.15, 0.2) is 18.2 Å². The molecule has 0 unspecified atom stereocenters. The van der Waals surface area contributed by atoms with Gasteiger partial charge in [0.2, 0.25) is 0 Å². The zero-order chi connectivity index (χ0) is 14.4. The zero-order valence-corrected chi connectivity index (χ0v) is 12.2. The lowest BCUT2D eigenvalue weighted by atomic mass is 9.96. The molecule has 1 rings (SSSR count). The molecule has 0 aliphatic heterocycles. The minimum Gasteiger partial charge on any atom is -0.453 e. The molecule has 0 aromatic heterocycles. The van der Waals surface area contributed by atoms with Gasteiger partial charge < -0.3 is 14.4 Å². The van der Waals surface area contributed by atoms with Gasteiger partial charge in [0.05, 0.1) is 17.2 Å². The van der Waals surface area contributed by atoms with Crippen LogP contribution >= 0.6 is 23.2 Å². The molecule has 1 aromatic carbocycles. The van der Waals surface area contributed by atoms with Crippen molar-refractivity contribution < 1.29 is 14.3 Å². The number of carbonyl (C=O) groups excluding carboxylic acids is 2. The summed E-state index contributed by atoms with van der Waals surface area (Å²) in [4.78, 5) is 23.6. The van der Waals surface area contributed by atoms with Gasteiger partial charge in [0, 0.05) is 25.9 Å². The highest BCUT2D eigenvalue weighted by Gasteiger charge is 2.18. The lowest BCUT2D eigenvalue weighted by Gasteiger charge is -2.22. The first kappa shape index (κ1) is 15.8. The van der Waals surface area contributed by atoms with Gasteiger partial charge in [0.1, 0.15) is 6.29 Å². The summed E-state index contributed by atoms with van der Waals surface area (Å²) < 4.78 is 4.62. The minimum atomic E-state index is -0.448. The lowest BCUT2D eigenvalue weighted by molar-refractivity contribution is -0.108. The van der Waals surface area contributed by atoms with Crippen LogP contribution in [0.25, 0.3) is 0 Å². The van der Waals surface area contributed by atoms with E-state index in [1.165, 1.54) is 12.0 Å². The molecule has 0 heterocycles. The number of amides is 1. The first-order chi connectivity index (χ1) is 8.99. The molecular weight excluding hydrogens is 289 g/mol. The van der Waals surface area contributed by atoms with Crippen LogP contribution in [0.2, 0.25) is 10.0 Å². The third-order valence-corrected chi connectivity index (χ3v) is 3.52. The maximum atomic E-state index is 11.4. The Morgan fingerprint density at radius 1 is 1.42 bits per heavy atom. The maximum absolute atomic E-state index is 11.4. The van der Waals surface area contributed by atoms with Crippen molar-refractivity contribution in [1.82, 2.24) is 4.90 Å². The van der Waals surface area contributed by atoms with E-state index in [0.717, 1.165) is 11.8 Å². The lowest BCUT2D eigenvalue weighted by Crippen LogP contribution is -2.31. The smallest absolute Gasteiger partial charge is 0.409 e. The molecule has 1 amide bonds. The maximum Gasteiger partial charge on any atom is 0.409 e. The summed E-state index contributed by atoms with van der Waals surface area (Å²) in [6.07, 6.45) is 0.661. The van der Waals surface area contributed by atoms with Gasteiger partial charge in [-0.05, 0) is 17.7 Å². The Hall–Kier alpha value is -1.26. The van der Waals surface area contributed by atoms with Crippen molar-refractivity contribution in [3.63, 3.8) is 0 Å². The SMILES string of the molecule is COC(=O)N(C)C[C@@H](CC=O)c1ccc(Cl)c(Cl)c1. The Balaban J connectivity index is 2.90. The van der Waals surface area contributed by atoms with Crippen molar-refractivity contribution in [1.29, 1.82) is 0 Å². The number of nitrogens with zero attached hydrogens (tertiary/aromatic N) is 1. The van der Waals surface area contributed by atoms with Crippen LogP contribution in [0.3, 0.4) is 0 Å². The highest BCUT2D eigenvalue weighted by Crippen LogP contribution is 2.28. The number of methoxy groups -OCH3 is 1. The molecular formula is C13H15Cl2NO3. The molecule has 4 nitrogen and oxygen atoms in total. The summed E-state index contributed by atoms with van der Waals surface area (Å²) in [7, 11) is 2.92. The molecule has 1 aromatic rings. The Kier molecular flexibility index (Phi) is 6.12. The molecule has 0 radical (unpaired) electrons. The summed E-state index contributed by atoms with van der Waals surface area (Å²) in [5.74, 6) is -0.142. The topological polar surface area (TPSA) is 46.6 Å². The van der Waals surface area contributed by atoms with Gasteiger partial charge in [-0.2, -0.15) is 0 Å². The van der Waals surface area contributed by atoms with Crippen molar-refractivity contribution in [2.24, 2.45) is 0 Å². The number of halogens is 2. The molecule has 0 fully saturated rings. The normalized spacial score (nSPS) is 11.8. The zero-order valence-electron chi connectivity index (χ0n) is 10.7. The van der Waals surface area contributed by atoms with Crippen LogP contribution in [-0.4, -0.2) is 38.0 Å². The Morgan fingerprint density at radius 2 is 2.11 bits per heavy atom. The molecule has 6 heteroatoms. The summed E-state index contributed by atoms with van der Waals surface area (Å²) in [6.45, 7) is 0.364. The van der Waals surface area contributed by atoms with Gasteiger partial charge in [-0.15, -0.1) is 0 Å². The quantitative estimate of drug-likeness (QED) is 0.784. The highest BCUT2D eigenvalue weighted by molar-refractivity contribution is 6.42. The number of aldehydes is 1. The summed E-state index contributed by atoms with van der Waals surface area (Å²) in [5, 5.41) is 0.882. The highest BCUT2D eigenvalue weighted by atomic mass is 35.5. The average molecular weight is 304 g/mol. The first-order valence-corrected chi connectivity index (χ1v) is 6.42. The van der Waals surface area contributed by atoms with Crippen molar-refractivity contribution in [2.45, 2.75) is 12.3 Å². The second kappa shape index (κ2) is 7.36. The van der Waals surface area contributed by atoms with Crippen molar-refractivity contribution in [3.8, 4) is 0 Å². The summed E-state index contributed by atoms with van der Waals surface area (Å²) in [6, 6.07) is 5.19. The van der Waals surface area contributed by atoms with Crippen LogP contribution in [0.1, 0.15) is 17.9 Å². The molecule has 0 aliphatic rings. The van der Waals surface area contributed by atoms with Crippen LogP contribution in [-0.2, 0) is 9.53 Å². The van der Waals surface area contributed by atoms with Crippen molar-refractivity contribution >= 4 is 35.6 Å². The Labute approximate surface area is 122 Å². The number of benzene rings is 1. The fourth-order valence-electron chi connectivity index (χ4n) is 1.76. The fraction of sp³-hybridized carbons (Fsp3) is 0.385. The number of carbonyl (C=O) groups is 2. The molecule has 0 bridgehead atoms. The van der Waals surface area contributed by atoms with E-state index in [-0.39, 0.29) is 5.92 Å². The van der Waals surface area contributed by atoms with Crippen LogP contribution in [0, 0.1) is 0 Å². The molecule has 0 N–H and O–H groups in total. The average Bonchev–Trinajstić information content (AvgIpc) is 2.40. The van der Waals surface area contributed by atoms with Crippen molar-refractivity contribution in [2.75, 3.05) is 20.7 Å². The minimum absolute atomic E-state index is 0.142. The van der Waals surface area contributed by atoms with Gasteiger partial charge in [-0.1, -0.05) is 29.3 Å².